The lowest BCUT2D eigenvalue weighted by molar-refractivity contribution is -0.00868. The van der Waals surface area contributed by atoms with Crippen LogP contribution in [0.15, 0.2) is 130 Å². The predicted octanol–water partition coefficient (Wildman–Crippen LogP) is 6.75. The third kappa shape index (κ3) is 5.98. The molecule has 0 amide bonds. The molecule has 204 valence electrons. The highest BCUT2D eigenvalue weighted by Gasteiger charge is 2.52. The van der Waals surface area contributed by atoms with Gasteiger partial charge in [-0.1, -0.05) is 54.6 Å². The molecule has 0 saturated carbocycles. The molecule has 4 aromatic rings. The van der Waals surface area contributed by atoms with Gasteiger partial charge in [-0.3, -0.25) is 0 Å². The van der Waals surface area contributed by atoms with Gasteiger partial charge in [0.05, 0.1) is 5.56 Å². The van der Waals surface area contributed by atoms with Gasteiger partial charge in [-0.2, -0.15) is 17.2 Å². The van der Waals surface area contributed by atoms with Crippen LogP contribution in [0.5, 0.6) is 0 Å². The Balaban J connectivity index is 1.70. The van der Waals surface area contributed by atoms with E-state index in [1.807, 2.05) is 0 Å². The quantitative estimate of drug-likeness (QED) is 0.196. The second-order valence-corrected chi connectivity index (χ2v) is 13.2. The molecule has 4 aromatic carbocycles. The van der Waals surface area contributed by atoms with Crippen LogP contribution in [-0.4, -0.2) is 40.3 Å². The smallest absolute Gasteiger partial charge is 0.403 e. The summed E-state index contributed by atoms with van der Waals surface area (Å²) in [5.74, 6) is -1.08. The van der Waals surface area contributed by atoms with Gasteiger partial charge >= 0.3 is 21.3 Å². The van der Waals surface area contributed by atoms with Crippen LogP contribution in [0.3, 0.4) is 0 Å². The van der Waals surface area contributed by atoms with Gasteiger partial charge in [0.15, 0.2) is 6.61 Å². The molecule has 0 saturated heterocycles. The van der Waals surface area contributed by atoms with Crippen LogP contribution in [-0.2, 0) is 18.5 Å². The fourth-order valence-electron chi connectivity index (χ4n) is 3.75. The monoisotopic (exact) mass is 571 g/mol. The minimum atomic E-state index is -5.64. The van der Waals surface area contributed by atoms with Crippen LogP contribution in [0.1, 0.15) is 10.4 Å². The number of halogens is 2. The van der Waals surface area contributed by atoms with Gasteiger partial charge < -0.3 is 9.64 Å². The molecule has 10 heteroatoms. The number of nitrogens with zero attached hydrogens (tertiary/aromatic N) is 1. The Morgan fingerprint density at radius 3 is 1.51 bits per heavy atom. The minimum absolute atomic E-state index is 0.00699. The van der Waals surface area contributed by atoms with Gasteiger partial charge in [-0.05, 0) is 71.0 Å². The third-order valence-electron chi connectivity index (χ3n) is 5.77. The average Bonchev–Trinajstić information content (AvgIpc) is 2.96. The number of anilines is 1. The van der Waals surface area contributed by atoms with E-state index in [2.05, 4.69) is 0 Å². The first-order valence-corrected chi connectivity index (χ1v) is 14.8. The number of esters is 1. The van der Waals surface area contributed by atoms with E-state index in [9.17, 15) is 13.2 Å². The molecule has 0 spiro atoms. The maximum atomic E-state index is 15.3. The van der Waals surface area contributed by atoms with Crippen LogP contribution < -0.4 is 4.90 Å². The minimum Gasteiger partial charge on any atom is -0.454 e. The van der Waals surface area contributed by atoms with Crippen LogP contribution in [0, 0.1) is 0 Å². The maximum Gasteiger partial charge on any atom is 0.403 e. The van der Waals surface area contributed by atoms with Crippen LogP contribution >= 0.6 is 10.3 Å². The number of carbonyl (C=O) groups is 1. The molecular formula is C29H27F2NO5S2. The number of carbonyl (C=O) groups excluding carboxylic acids is 1. The molecule has 0 radical (unpaired) electrons. The summed E-state index contributed by atoms with van der Waals surface area (Å²) in [6.07, 6.45) is 0. The van der Waals surface area contributed by atoms with Crippen molar-refractivity contribution in [3.8, 4) is 0 Å². The van der Waals surface area contributed by atoms with Crippen LogP contribution in [0.2, 0.25) is 0 Å². The largest absolute Gasteiger partial charge is 0.454 e. The topological polar surface area (TPSA) is 72.9 Å². The molecule has 4 rings (SSSR count). The Kier molecular flexibility index (Phi) is 8.39. The highest BCUT2D eigenvalue weighted by atomic mass is 32.3. The van der Waals surface area contributed by atoms with Crippen molar-refractivity contribution in [2.75, 3.05) is 25.6 Å². The fourth-order valence-corrected chi connectivity index (χ4v) is 8.80. The van der Waals surface area contributed by atoms with E-state index in [-0.39, 0.29) is 5.56 Å². The summed E-state index contributed by atoms with van der Waals surface area (Å²) in [6.45, 7) is -1.71. The fraction of sp³-hybridized carbons (Fsp3) is 0.138. The molecule has 6 nitrogen and oxygen atoms in total. The molecule has 0 bridgehead atoms. The molecule has 39 heavy (non-hydrogen) atoms. The Bertz CT molecular complexity index is 1400. The molecule has 0 aliphatic heterocycles. The second-order valence-electron chi connectivity index (χ2n) is 8.67. The van der Waals surface area contributed by atoms with Gasteiger partial charge in [0.1, 0.15) is 0 Å². The number of hydrogen-bond acceptors (Lipinski definition) is 6. The van der Waals surface area contributed by atoms with Gasteiger partial charge in [0.2, 0.25) is 0 Å². The lowest BCUT2D eigenvalue weighted by atomic mass is 10.2. The summed E-state index contributed by atoms with van der Waals surface area (Å²) in [5, 5.41) is -4.54. The SMILES string of the molecule is CN(C)c1ccc(C(=O)OCC(F)(F)S(=O)(=O)OS(c2ccccc2)(c2ccccc2)c2ccccc2)cc1. The van der Waals surface area contributed by atoms with Crippen molar-refractivity contribution in [3.05, 3.63) is 121 Å². The summed E-state index contributed by atoms with van der Waals surface area (Å²) in [7, 11) is -5.21. The van der Waals surface area contributed by atoms with Crippen molar-refractivity contribution in [2.45, 2.75) is 19.9 Å². The zero-order valence-corrected chi connectivity index (χ0v) is 22.9. The lowest BCUT2D eigenvalue weighted by Gasteiger charge is -2.40. The Morgan fingerprint density at radius 2 is 1.13 bits per heavy atom. The number of benzene rings is 4. The summed E-state index contributed by atoms with van der Waals surface area (Å²) in [4.78, 5) is 15.5. The zero-order chi connectivity index (χ0) is 28.1. The van der Waals surface area contributed by atoms with Crippen LogP contribution in [0.4, 0.5) is 14.5 Å². The molecule has 0 N–H and O–H groups in total. The first kappa shape index (κ1) is 28.3. The molecular weight excluding hydrogens is 544 g/mol. The van der Waals surface area contributed by atoms with Gasteiger partial charge in [0.25, 0.3) is 0 Å². The van der Waals surface area contributed by atoms with Gasteiger partial charge in [0, 0.05) is 34.5 Å². The summed E-state index contributed by atoms with van der Waals surface area (Å²) in [5.41, 5.74) is 0.794. The van der Waals surface area contributed by atoms with Crippen molar-refractivity contribution in [3.63, 3.8) is 0 Å². The van der Waals surface area contributed by atoms with Crippen molar-refractivity contribution >= 4 is 32.1 Å². The normalized spacial score (nSPS) is 12.5. The highest BCUT2D eigenvalue weighted by molar-refractivity contribution is 8.33. The van der Waals surface area contributed by atoms with E-state index < -0.39 is 38.3 Å². The summed E-state index contributed by atoms with van der Waals surface area (Å²) >= 11 is 0. The summed E-state index contributed by atoms with van der Waals surface area (Å²) in [6, 6.07) is 31.2. The highest BCUT2D eigenvalue weighted by Crippen LogP contribution is 2.70. The first-order valence-electron chi connectivity index (χ1n) is 11.8. The molecule has 0 aliphatic carbocycles. The third-order valence-corrected chi connectivity index (χ3v) is 11.0. The van der Waals surface area contributed by atoms with Crippen molar-refractivity contribution in [1.29, 1.82) is 0 Å². The summed E-state index contributed by atoms with van der Waals surface area (Å²) < 4.78 is 67.7. The van der Waals surface area contributed by atoms with Gasteiger partial charge in [-0.15, -0.1) is 0 Å². The second kappa shape index (κ2) is 11.6. The van der Waals surface area contributed by atoms with Crippen molar-refractivity contribution < 1.29 is 30.4 Å². The average molecular weight is 572 g/mol. The number of hydrogen-bond donors (Lipinski definition) is 0. The standard InChI is InChI=1S/C29H27F2NO5S2/c1-32(2)24-20-18-23(19-21-24)28(33)36-22-29(30,31)39(34,35)37-38(25-12-6-3-7-13-25,26-14-8-4-9-15-26)27-16-10-5-11-17-27/h3-21H,22H2,1-2H3. The Hall–Kier alpha value is -3.73. The van der Waals surface area contributed by atoms with Crippen molar-refractivity contribution in [1.82, 2.24) is 0 Å². The van der Waals surface area contributed by atoms with E-state index in [0.717, 1.165) is 5.69 Å². The molecule has 0 unspecified atom stereocenters. The van der Waals surface area contributed by atoms with E-state index in [0.29, 0.717) is 14.7 Å². The van der Waals surface area contributed by atoms with Crippen LogP contribution in [0.25, 0.3) is 0 Å². The number of ether oxygens (including phenoxy) is 1. The number of rotatable bonds is 10. The molecule has 0 aromatic heterocycles. The molecule has 0 atom stereocenters. The van der Waals surface area contributed by atoms with E-state index in [1.54, 1.807) is 122 Å². The Morgan fingerprint density at radius 1 is 0.718 bits per heavy atom. The van der Waals surface area contributed by atoms with E-state index in [1.165, 1.54) is 12.1 Å². The van der Waals surface area contributed by atoms with Gasteiger partial charge in [-0.25, -0.2) is 8.42 Å². The Labute approximate surface area is 228 Å². The lowest BCUT2D eigenvalue weighted by Crippen LogP contribution is -2.37. The van der Waals surface area contributed by atoms with Crippen molar-refractivity contribution in [2.24, 2.45) is 0 Å². The molecule has 0 aliphatic rings. The molecule has 0 heterocycles. The first-order chi connectivity index (χ1) is 18.6. The molecule has 0 fully saturated rings. The maximum absolute atomic E-state index is 15.3. The van der Waals surface area contributed by atoms with E-state index >= 15 is 8.78 Å². The number of alkyl halides is 2. The zero-order valence-electron chi connectivity index (χ0n) is 21.2. The van der Waals surface area contributed by atoms with E-state index in [4.69, 9.17) is 8.37 Å². The predicted molar refractivity (Wildman–Crippen MR) is 148 cm³/mol.